The molecule has 1 atom stereocenters. The number of hydrogen-bond acceptors (Lipinski definition) is 5. The molecule has 3 aromatic rings. The second-order valence-corrected chi connectivity index (χ2v) is 8.84. The number of para-hydroxylation sites is 1. The molecule has 1 fully saturated rings. The van der Waals surface area contributed by atoms with Crippen LogP contribution >= 0.6 is 0 Å². The number of benzene rings is 3. The standard InChI is InChI=1S/C26H27N3O3/c1-27-12-14-28(15-13-27)18-29-23-9-5-4-8-22(23)26(32,25(29)31)17-24(30)21-11-10-19-6-2-3-7-20(19)16-21/h2-11,16,32H,12-15,17-18H2,1H3. The molecule has 6 heteroatoms. The minimum Gasteiger partial charge on any atom is -0.375 e. The number of hydrogen-bond donors (Lipinski definition) is 1. The van der Waals surface area contributed by atoms with Crippen molar-refractivity contribution in [2.45, 2.75) is 12.0 Å². The number of rotatable bonds is 5. The zero-order chi connectivity index (χ0) is 22.3. The van der Waals surface area contributed by atoms with Gasteiger partial charge in [-0.05, 0) is 30.0 Å². The molecule has 0 bridgehead atoms. The summed E-state index contributed by atoms with van der Waals surface area (Å²) in [5.74, 6) is -0.672. The molecule has 0 aromatic heterocycles. The third kappa shape index (κ3) is 3.60. The first-order valence-corrected chi connectivity index (χ1v) is 11.0. The molecule has 1 saturated heterocycles. The Bertz CT molecular complexity index is 1190. The molecule has 1 N–H and O–H groups in total. The molecule has 164 valence electrons. The van der Waals surface area contributed by atoms with Crippen LogP contribution in [-0.2, 0) is 10.4 Å². The van der Waals surface area contributed by atoms with Crippen molar-refractivity contribution in [1.29, 1.82) is 0 Å². The van der Waals surface area contributed by atoms with Crippen LogP contribution in [0.15, 0.2) is 66.7 Å². The van der Waals surface area contributed by atoms with Crippen LogP contribution < -0.4 is 4.90 Å². The summed E-state index contributed by atoms with van der Waals surface area (Å²) in [6, 6.07) is 20.6. The van der Waals surface area contributed by atoms with Crippen LogP contribution in [0.4, 0.5) is 5.69 Å². The van der Waals surface area contributed by atoms with E-state index in [1.54, 1.807) is 23.1 Å². The maximum Gasteiger partial charge on any atom is 0.265 e. The summed E-state index contributed by atoms with van der Waals surface area (Å²) < 4.78 is 0. The SMILES string of the molecule is CN1CCN(CN2C(=O)C(O)(CC(=O)c3ccc4ccccc4c3)c3ccccc32)CC1. The van der Waals surface area contributed by atoms with E-state index in [1.807, 2.05) is 48.5 Å². The van der Waals surface area contributed by atoms with Crippen molar-refractivity contribution in [1.82, 2.24) is 9.80 Å². The Balaban J connectivity index is 1.42. The summed E-state index contributed by atoms with van der Waals surface area (Å²) in [6.45, 7) is 4.01. The van der Waals surface area contributed by atoms with E-state index < -0.39 is 11.5 Å². The molecule has 0 radical (unpaired) electrons. The van der Waals surface area contributed by atoms with Gasteiger partial charge in [0.15, 0.2) is 11.4 Å². The van der Waals surface area contributed by atoms with Gasteiger partial charge in [0.05, 0.1) is 18.8 Å². The minimum atomic E-state index is -1.86. The first-order valence-electron chi connectivity index (χ1n) is 11.0. The van der Waals surface area contributed by atoms with Gasteiger partial charge in [0.2, 0.25) is 0 Å². The number of carbonyl (C=O) groups is 2. The van der Waals surface area contributed by atoms with Gasteiger partial charge in [0, 0.05) is 37.3 Å². The van der Waals surface area contributed by atoms with E-state index >= 15 is 0 Å². The molecule has 5 rings (SSSR count). The summed E-state index contributed by atoms with van der Waals surface area (Å²) in [4.78, 5) is 32.8. The Kier molecular flexibility index (Phi) is 5.29. The highest BCUT2D eigenvalue weighted by Crippen LogP contribution is 2.43. The average Bonchev–Trinajstić information content (AvgIpc) is 3.02. The van der Waals surface area contributed by atoms with E-state index in [9.17, 15) is 14.7 Å². The van der Waals surface area contributed by atoms with Crippen LogP contribution in [-0.4, -0.2) is 66.5 Å². The monoisotopic (exact) mass is 429 g/mol. The third-order valence-corrected chi connectivity index (χ3v) is 6.66. The molecule has 0 saturated carbocycles. The fraction of sp³-hybridized carbons (Fsp3) is 0.308. The van der Waals surface area contributed by atoms with Crippen molar-refractivity contribution in [2.24, 2.45) is 0 Å². The largest absolute Gasteiger partial charge is 0.375 e. The van der Waals surface area contributed by atoms with Crippen molar-refractivity contribution >= 4 is 28.2 Å². The molecular formula is C26H27N3O3. The number of aliphatic hydroxyl groups is 1. The summed E-state index contributed by atoms with van der Waals surface area (Å²) in [5.41, 5.74) is -0.162. The second-order valence-electron chi connectivity index (χ2n) is 8.84. The van der Waals surface area contributed by atoms with E-state index in [0.717, 1.165) is 37.0 Å². The number of fused-ring (bicyclic) bond motifs is 2. The van der Waals surface area contributed by atoms with E-state index in [1.165, 1.54) is 0 Å². The van der Waals surface area contributed by atoms with E-state index in [0.29, 0.717) is 23.5 Å². The van der Waals surface area contributed by atoms with Crippen LogP contribution in [0.3, 0.4) is 0 Å². The summed E-state index contributed by atoms with van der Waals surface area (Å²) in [5, 5.41) is 13.6. The maximum absolute atomic E-state index is 13.5. The highest BCUT2D eigenvalue weighted by atomic mass is 16.3. The van der Waals surface area contributed by atoms with Crippen LogP contribution in [0.5, 0.6) is 0 Å². The topological polar surface area (TPSA) is 64.1 Å². The lowest BCUT2D eigenvalue weighted by Crippen LogP contribution is -2.51. The number of carbonyl (C=O) groups excluding carboxylic acids is 2. The number of likely N-dealkylation sites (N-methyl/N-ethyl adjacent to an activating group) is 1. The lowest BCUT2D eigenvalue weighted by Gasteiger charge is -2.35. The predicted octanol–water partition coefficient (Wildman–Crippen LogP) is 2.85. The second kappa shape index (κ2) is 8.13. The lowest BCUT2D eigenvalue weighted by atomic mass is 9.88. The maximum atomic E-state index is 13.5. The first-order chi connectivity index (χ1) is 15.5. The highest BCUT2D eigenvalue weighted by Gasteiger charge is 2.51. The fourth-order valence-electron chi connectivity index (χ4n) is 4.70. The van der Waals surface area contributed by atoms with Gasteiger partial charge in [0.25, 0.3) is 5.91 Å². The van der Waals surface area contributed by atoms with Gasteiger partial charge in [-0.1, -0.05) is 54.6 Å². The number of ketones is 1. The van der Waals surface area contributed by atoms with Crippen molar-refractivity contribution in [3.8, 4) is 0 Å². The number of anilines is 1. The predicted molar refractivity (Wildman–Crippen MR) is 125 cm³/mol. The number of piperazine rings is 1. The molecule has 1 amide bonds. The van der Waals surface area contributed by atoms with Crippen LogP contribution in [0.25, 0.3) is 10.8 Å². The number of Topliss-reactive ketones (excluding diaryl/α,β-unsaturated/α-hetero) is 1. The van der Waals surface area contributed by atoms with Gasteiger partial charge in [-0.25, -0.2) is 0 Å². The molecule has 0 aliphatic carbocycles. The molecule has 2 aliphatic heterocycles. The van der Waals surface area contributed by atoms with Crippen molar-refractivity contribution in [3.05, 3.63) is 77.9 Å². The first kappa shape index (κ1) is 20.8. The molecular weight excluding hydrogens is 402 g/mol. The normalized spacial score (nSPS) is 21.8. The highest BCUT2D eigenvalue weighted by molar-refractivity contribution is 6.11. The molecule has 2 heterocycles. The summed E-state index contributed by atoms with van der Waals surface area (Å²) in [7, 11) is 2.09. The molecule has 6 nitrogen and oxygen atoms in total. The Morgan fingerprint density at radius 3 is 2.41 bits per heavy atom. The van der Waals surface area contributed by atoms with Gasteiger partial charge in [-0.15, -0.1) is 0 Å². The quantitative estimate of drug-likeness (QED) is 0.632. The van der Waals surface area contributed by atoms with Crippen LogP contribution in [0.2, 0.25) is 0 Å². The fourth-order valence-corrected chi connectivity index (χ4v) is 4.70. The van der Waals surface area contributed by atoms with Crippen molar-refractivity contribution in [3.63, 3.8) is 0 Å². The third-order valence-electron chi connectivity index (χ3n) is 6.66. The Labute approximate surface area is 187 Å². The summed E-state index contributed by atoms with van der Waals surface area (Å²) in [6.07, 6.45) is -0.277. The Morgan fingerprint density at radius 2 is 1.62 bits per heavy atom. The molecule has 2 aliphatic rings. The van der Waals surface area contributed by atoms with E-state index in [-0.39, 0.29) is 12.2 Å². The molecule has 1 unspecified atom stereocenters. The van der Waals surface area contributed by atoms with Gasteiger partial charge in [-0.3, -0.25) is 19.4 Å². The van der Waals surface area contributed by atoms with Crippen LogP contribution in [0.1, 0.15) is 22.3 Å². The minimum absolute atomic E-state index is 0.247. The molecule has 32 heavy (non-hydrogen) atoms. The van der Waals surface area contributed by atoms with E-state index in [2.05, 4.69) is 16.8 Å². The zero-order valence-corrected chi connectivity index (χ0v) is 18.2. The Hall–Kier alpha value is -3.06. The van der Waals surface area contributed by atoms with Crippen molar-refractivity contribution < 1.29 is 14.7 Å². The number of nitrogens with zero attached hydrogens (tertiary/aromatic N) is 3. The number of amides is 1. The lowest BCUT2D eigenvalue weighted by molar-refractivity contribution is -0.136. The van der Waals surface area contributed by atoms with Crippen LogP contribution in [0, 0.1) is 0 Å². The smallest absolute Gasteiger partial charge is 0.265 e. The Morgan fingerprint density at radius 1 is 0.938 bits per heavy atom. The zero-order valence-electron chi connectivity index (χ0n) is 18.2. The van der Waals surface area contributed by atoms with Crippen molar-refractivity contribution in [2.75, 3.05) is 44.8 Å². The van der Waals surface area contributed by atoms with Gasteiger partial charge in [0.1, 0.15) is 0 Å². The van der Waals surface area contributed by atoms with E-state index in [4.69, 9.17) is 0 Å². The van der Waals surface area contributed by atoms with Gasteiger partial charge >= 0.3 is 0 Å². The van der Waals surface area contributed by atoms with Gasteiger partial charge in [-0.2, -0.15) is 0 Å². The molecule has 3 aromatic carbocycles. The molecule has 0 spiro atoms. The average molecular weight is 430 g/mol. The summed E-state index contributed by atoms with van der Waals surface area (Å²) >= 11 is 0. The van der Waals surface area contributed by atoms with Gasteiger partial charge < -0.3 is 10.0 Å².